The minimum atomic E-state index is -0.527. The topological polar surface area (TPSA) is 29.5 Å². The van der Waals surface area contributed by atoms with Crippen molar-refractivity contribution in [2.75, 3.05) is 14.2 Å². The lowest BCUT2D eigenvalue weighted by molar-refractivity contribution is -0.157. The van der Waals surface area contributed by atoms with Crippen LogP contribution in [-0.4, -0.2) is 36.6 Å². The summed E-state index contributed by atoms with van der Waals surface area (Å²) in [5, 5.41) is 0. The van der Waals surface area contributed by atoms with Crippen molar-refractivity contribution in [1.82, 2.24) is 4.90 Å². The van der Waals surface area contributed by atoms with Gasteiger partial charge in [-0.3, -0.25) is 4.79 Å². The number of rotatable bonds is 4. The summed E-state index contributed by atoms with van der Waals surface area (Å²) in [6.45, 7) is 15.8. The van der Waals surface area contributed by atoms with E-state index in [0.29, 0.717) is 0 Å². The van der Waals surface area contributed by atoms with Crippen molar-refractivity contribution in [3.63, 3.8) is 0 Å². The predicted octanol–water partition coefficient (Wildman–Crippen LogP) is 3.33. The molecule has 0 bridgehead atoms. The van der Waals surface area contributed by atoms with Gasteiger partial charge < -0.3 is 9.64 Å². The highest BCUT2D eigenvalue weighted by Crippen LogP contribution is 2.35. The maximum absolute atomic E-state index is 12.3. The van der Waals surface area contributed by atoms with E-state index in [-0.39, 0.29) is 11.9 Å². The molecule has 0 rings (SSSR count). The van der Waals surface area contributed by atoms with Gasteiger partial charge in [0.1, 0.15) is 0 Å². The smallest absolute Gasteiger partial charge is 0.231 e. The van der Waals surface area contributed by atoms with Gasteiger partial charge in [0.05, 0.1) is 11.0 Å². The average molecular weight is 245 g/mol. The Kier molecular flexibility index (Phi) is 7.73. The van der Waals surface area contributed by atoms with Crippen LogP contribution < -0.4 is 0 Å². The molecule has 0 heterocycles. The Morgan fingerprint density at radius 3 is 1.71 bits per heavy atom. The minimum Gasteiger partial charge on any atom is -0.378 e. The van der Waals surface area contributed by atoms with E-state index < -0.39 is 11.0 Å². The van der Waals surface area contributed by atoms with Crippen molar-refractivity contribution in [2.24, 2.45) is 5.41 Å². The van der Waals surface area contributed by atoms with Crippen LogP contribution in [0.2, 0.25) is 0 Å². The van der Waals surface area contributed by atoms with E-state index in [1.165, 1.54) is 0 Å². The maximum atomic E-state index is 12.3. The summed E-state index contributed by atoms with van der Waals surface area (Å²) < 4.78 is 5.41. The third-order valence-corrected chi connectivity index (χ3v) is 3.65. The van der Waals surface area contributed by atoms with Crippen LogP contribution in [0, 0.1) is 5.41 Å². The molecular weight excluding hydrogens is 214 g/mol. The molecule has 0 unspecified atom stereocenters. The number of nitrogens with zero attached hydrogens (tertiary/aromatic N) is 1. The van der Waals surface area contributed by atoms with E-state index in [0.717, 1.165) is 0 Å². The quantitative estimate of drug-likeness (QED) is 0.760. The molecule has 0 fully saturated rings. The van der Waals surface area contributed by atoms with Crippen molar-refractivity contribution >= 4 is 5.91 Å². The second kappa shape index (κ2) is 7.00. The molecule has 0 saturated heterocycles. The second-order valence-electron chi connectivity index (χ2n) is 5.35. The molecule has 0 saturated carbocycles. The fraction of sp³-hybridized carbons (Fsp3) is 0.929. The number of hydrogen-bond acceptors (Lipinski definition) is 2. The highest BCUT2D eigenvalue weighted by molar-refractivity contribution is 5.83. The molecule has 0 aliphatic carbocycles. The largest absolute Gasteiger partial charge is 0.378 e. The Hall–Kier alpha value is -0.570. The molecule has 0 atom stereocenters. The van der Waals surface area contributed by atoms with E-state index in [9.17, 15) is 4.79 Å². The molecule has 0 aliphatic rings. The van der Waals surface area contributed by atoms with Crippen LogP contribution in [0.25, 0.3) is 0 Å². The maximum Gasteiger partial charge on any atom is 0.231 e. The van der Waals surface area contributed by atoms with E-state index >= 15 is 0 Å². The van der Waals surface area contributed by atoms with Gasteiger partial charge in [0, 0.05) is 20.2 Å². The lowest BCUT2D eigenvalue weighted by Crippen LogP contribution is -2.53. The molecule has 1 amide bonds. The number of hydrogen-bond donors (Lipinski definition) is 0. The van der Waals surface area contributed by atoms with E-state index in [1.807, 2.05) is 62.4 Å². The standard InChI is InChI=1S/C12H25NO2.C2H6/c1-9(2)13(7)10(14)11(3,4)12(5,6)15-8;1-2/h9H,1-8H3;1-2H3. The number of carbonyl (C=O) groups is 1. The van der Waals surface area contributed by atoms with Crippen LogP contribution in [0.5, 0.6) is 0 Å². The van der Waals surface area contributed by atoms with E-state index in [4.69, 9.17) is 4.74 Å². The van der Waals surface area contributed by atoms with Crippen molar-refractivity contribution in [1.29, 1.82) is 0 Å². The first kappa shape index (κ1) is 18.8. The van der Waals surface area contributed by atoms with Crippen LogP contribution >= 0.6 is 0 Å². The highest BCUT2D eigenvalue weighted by Gasteiger charge is 2.45. The lowest BCUT2D eigenvalue weighted by Gasteiger charge is -2.42. The Morgan fingerprint density at radius 1 is 1.12 bits per heavy atom. The number of ether oxygens (including phenoxy) is 1. The predicted molar refractivity (Wildman–Crippen MR) is 74.1 cm³/mol. The molecule has 17 heavy (non-hydrogen) atoms. The summed E-state index contributed by atoms with van der Waals surface area (Å²) in [6, 6.07) is 0.212. The van der Waals surface area contributed by atoms with Gasteiger partial charge in [-0.2, -0.15) is 0 Å². The first-order chi connectivity index (χ1) is 7.58. The van der Waals surface area contributed by atoms with Gasteiger partial charge in [-0.1, -0.05) is 13.8 Å². The number of carbonyl (C=O) groups excluding carboxylic acids is 1. The average Bonchev–Trinajstić information content (AvgIpc) is 2.29. The van der Waals surface area contributed by atoms with E-state index in [2.05, 4.69) is 0 Å². The summed E-state index contributed by atoms with van der Waals surface area (Å²) >= 11 is 0. The van der Waals surface area contributed by atoms with Crippen molar-refractivity contribution in [3.05, 3.63) is 0 Å². The number of methoxy groups -OCH3 is 1. The molecule has 0 spiro atoms. The molecule has 3 heteroatoms. The van der Waals surface area contributed by atoms with Gasteiger partial charge in [-0.25, -0.2) is 0 Å². The Balaban J connectivity index is 0. The van der Waals surface area contributed by atoms with Crippen LogP contribution in [0.3, 0.4) is 0 Å². The molecule has 0 aromatic heterocycles. The van der Waals surface area contributed by atoms with Crippen LogP contribution in [-0.2, 0) is 9.53 Å². The van der Waals surface area contributed by atoms with Crippen LogP contribution in [0.15, 0.2) is 0 Å². The molecule has 104 valence electrons. The third-order valence-electron chi connectivity index (χ3n) is 3.65. The van der Waals surface area contributed by atoms with Crippen LogP contribution in [0.4, 0.5) is 0 Å². The Bertz CT molecular complexity index is 232. The third kappa shape index (κ3) is 4.30. The molecule has 3 nitrogen and oxygen atoms in total. The molecule has 0 N–H and O–H groups in total. The van der Waals surface area contributed by atoms with Gasteiger partial charge in [-0.15, -0.1) is 0 Å². The van der Waals surface area contributed by atoms with E-state index in [1.54, 1.807) is 12.0 Å². The minimum absolute atomic E-state index is 0.115. The molecular formula is C14H31NO2. The summed E-state index contributed by atoms with van der Waals surface area (Å²) in [7, 11) is 3.48. The lowest BCUT2D eigenvalue weighted by atomic mass is 9.75. The Morgan fingerprint density at radius 2 is 1.47 bits per heavy atom. The Labute approximate surface area is 108 Å². The molecule has 0 aromatic carbocycles. The molecule has 0 aromatic rings. The first-order valence-electron chi connectivity index (χ1n) is 6.40. The fourth-order valence-electron chi connectivity index (χ4n) is 1.19. The van der Waals surface area contributed by atoms with Gasteiger partial charge in [-0.05, 0) is 41.5 Å². The molecule has 0 radical (unpaired) electrons. The molecule has 0 aliphatic heterocycles. The van der Waals surface area contributed by atoms with Gasteiger partial charge in [0.15, 0.2) is 0 Å². The first-order valence-corrected chi connectivity index (χ1v) is 6.40. The highest BCUT2D eigenvalue weighted by atomic mass is 16.5. The summed E-state index contributed by atoms with van der Waals surface area (Å²) in [5.74, 6) is 0.115. The second-order valence-corrected chi connectivity index (χ2v) is 5.35. The summed E-state index contributed by atoms with van der Waals surface area (Å²) in [4.78, 5) is 14.0. The fourth-order valence-corrected chi connectivity index (χ4v) is 1.19. The summed E-state index contributed by atoms with van der Waals surface area (Å²) in [6.07, 6.45) is 0. The van der Waals surface area contributed by atoms with Gasteiger partial charge in [0.25, 0.3) is 0 Å². The zero-order valence-electron chi connectivity index (χ0n) is 13.3. The zero-order chi connectivity index (χ0) is 14.4. The van der Waals surface area contributed by atoms with Crippen molar-refractivity contribution < 1.29 is 9.53 Å². The van der Waals surface area contributed by atoms with Crippen LogP contribution in [0.1, 0.15) is 55.4 Å². The summed E-state index contributed by atoms with van der Waals surface area (Å²) in [5.41, 5.74) is -0.992. The SMILES string of the molecule is CC.COC(C)(C)C(C)(C)C(=O)N(C)C(C)C. The van der Waals surface area contributed by atoms with Crippen molar-refractivity contribution in [3.8, 4) is 0 Å². The number of amides is 1. The monoisotopic (exact) mass is 245 g/mol. The zero-order valence-corrected chi connectivity index (χ0v) is 13.3. The van der Waals surface area contributed by atoms with Gasteiger partial charge in [0.2, 0.25) is 5.91 Å². The van der Waals surface area contributed by atoms with Crippen molar-refractivity contribution in [2.45, 2.75) is 67.0 Å². The van der Waals surface area contributed by atoms with Gasteiger partial charge >= 0.3 is 0 Å². The normalized spacial score (nSPS) is 11.9.